The molecule has 1 saturated heterocycles. The van der Waals surface area contributed by atoms with Gasteiger partial charge in [-0.2, -0.15) is 4.31 Å². The number of hydrogen-bond donors (Lipinski definition) is 1. The van der Waals surface area contributed by atoms with E-state index in [1.165, 1.54) is 4.31 Å². The van der Waals surface area contributed by atoms with Crippen molar-refractivity contribution in [3.63, 3.8) is 0 Å². The van der Waals surface area contributed by atoms with Gasteiger partial charge in [0.1, 0.15) is 0 Å². The Morgan fingerprint density at radius 3 is 2.25 bits per heavy atom. The molecule has 0 aliphatic carbocycles. The van der Waals surface area contributed by atoms with Crippen molar-refractivity contribution in [2.75, 3.05) is 38.5 Å². The van der Waals surface area contributed by atoms with E-state index < -0.39 is 10.0 Å². The molecule has 3 aromatic carbocycles. The molecule has 204 valence electrons. The highest BCUT2D eigenvalue weighted by Crippen LogP contribution is 2.23. The molecule has 1 fully saturated rings. The van der Waals surface area contributed by atoms with Crippen molar-refractivity contribution in [1.29, 1.82) is 0 Å². The summed E-state index contributed by atoms with van der Waals surface area (Å²) < 4.78 is 27.6. The SMILES string of the molecule is CN=Cc1ccc(S(=O)(=O)N2CCN(C(=O)c3ccc(Nc4nccc(-c5ccc(Cl)cc5)n4)cc3)CC2)cc1. The zero-order valence-electron chi connectivity index (χ0n) is 21.7. The highest BCUT2D eigenvalue weighted by molar-refractivity contribution is 7.89. The van der Waals surface area contributed by atoms with Crippen LogP contribution in [0, 0.1) is 0 Å². The Morgan fingerprint density at radius 1 is 0.925 bits per heavy atom. The number of carbonyl (C=O) groups excluding carboxylic acids is 1. The highest BCUT2D eigenvalue weighted by atomic mass is 35.5. The fraction of sp³-hybridized carbons (Fsp3) is 0.172. The van der Waals surface area contributed by atoms with Gasteiger partial charge < -0.3 is 10.2 Å². The molecule has 11 heteroatoms. The number of rotatable bonds is 7. The average molecular weight is 575 g/mol. The maximum atomic E-state index is 13.1. The number of amides is 1. The molecule has 1 aliphatic heterocycles. The van der Waals surface area contributed by atoms with E-state index in [0.29, 0.717) is 29.6 Å². The number of aromatic nitrogens is 2. The van der Waals surface area contributed by atoms with Gasteiger partial charge in [0.05, 0.1) is 10.6 Å². The topological polar surface area (TPSA) is 108 Å². The van der Waals surface area contributed by atoms with Crippen molar-refractivity contribution in [3.8, 4) is 11.3 Å². The van der Waals surface area contributed by atoms with Crippen molar-refractivity contribution in [2.24, 2.45) is 4.99 Å². The fourth-order valence-corrected chi connectivity index (χ4v) is 5.91. The Kier molecular flexibility index (Phi) is 8.20. The quantitative estimate of drug-likeness (QED) is 0.320. The van der Waals surface area contributed by atoms with Crippen LogP contribution in [0.3, 0.4) is 0 Å². The van der Waals surface area contributed by atoms with E-state index >= 15 is 0 Å². The number of nitrogens with zero attached hydrogens (tertiary/aromatic N) is 5. The van der Waals surface area contributed by atoms with Crippen LogP contribution in [-0.2, 0) is 10.0 Å². The average Bonchev–Trinajstić information content (AvgIpc) is 2.98. The number of anilines is 2. The molecule has 1 aromatic heterocycles. The van der Waals surface area contributed by atoms with E-state index in [-0.39, 0.29) is 23.9 Å². The minimum absolute atomic E-state index is 0.146. The minimum Gasteiger partial charge on any atom is -0.336 e. The largest absolute Gasteiger partial charge is 0.336 e. The van der Waals surface area contributed by atoms with Crippen LogP contribution in [0.2, 0.25) is 5.02 Å². The standard InChI is InChI=1S/C29H27ClN6O3S/c1-31-20-21-2-12-26(13-3-21)40(38,39)36-18-16-35(17-19-36)28(37)23-6-10-25(11-7-23)33-29-32-15-14-27(34-29)22-4-8-24(30)9-5-22/h2-15,20H,16-19H2,1H3,(H,32,33,34). The molecule has 0 radical (unpaired) electrons. The Morgan fingerprint density at radius 2 is 1.60 bits per heavy atom. The summed E-state index contributed by atoms with van der Waals surface area (Å²) in [7, 11) is -1.98. The van der Waals surface area contributed by atoms with E-state index in [4.69, 9.17) is 11.6 Å². The van der Waals surface area contributed by atoms with Gasteiger partial charge in [-0.3, -0.25) is 9.79 Å². The van der Waals surface area contributed by atoms with Crippen molar-refractivity contribution in [2.45, 2.75) is 4.90 Å². The van der Waals surface area contributed by atoms with Crippen molar-refractivity contribution in [1.82, 2.24) is 19.2 Å². The van der Waals surface area contributed by atoms with Gasteiger partial charge in [0.2, 0.25) is 16.0 Å². The first kappa shape index (κ1) is 27.4. The van der Waals surface area contributed by atoms with Gasteiger partial charge in [-0.1, -0.05) is 35.9 Å². The van der Waals surface area contributed by atoms with Crippen LogP contribution < -0.4 is 5.32 Å². The number of halogens is 1. The third-order valence-electron chi connectivity index (χ3n) is 6.51. The summed E-state index contributed by atoms with van der Waals surface area (Å²) in [5.74, 6) is 0.282. The smallest absolute Gasteiger partial charge is 0.253 e. The van der Waals surface area contributed by atoms with Gasteiger partial charge in [-0.25, -0.2) is 18.4 Å². The second-order valence-corrected chi connectivity index (χ2v) is 11.5. The fourth-order valence-electron chi connectivity index (χ4n) is 4.36. The number of sulfonamides is 1. The Balaban J connectivity index is 1.19. The molecule has 1 N–H and O–H groups in total. The third-order valence-corrected chi connectivity index (χ3v) is 8.67. The Hall–Kier alpha value is -4.12. The zero-order valence-corrected chi connectivity index (χ0v) is 23.3. The van der Waals surface area contributed by atoms with E-state index in [1.54, 1.807) is 72.9 Å². The monoisotopic (exact) mass is 574 g/mol. The molecule has 40 heavy (non-hydrogen) atoms. The number of piperazine rings is 1. The summed E-state index contributed by atoms with van der Waals surface area (Å²) in [4.78, 5) is 27.8. The van der Waals surface area contributed by atoms with Gasteiger partial charge in [0.15, 0.2) is 0 Å². The first-order chi connectivity index (χ1) is 19.3. The second kappa shape index (κ2) is 12.0. The molecular weight excluding hydrogens is 548 g/mol. The highest BCUT2D eigenvalue weighted by Gasteiger charge is 2.30. The van der Waals surface area contributed by atoms with Gasteiger partial charge in [0.25, 0.3) is 5.91 Å². The van der Waals surface area contributed by atoms with Gasteiger partial charge >= 0.3 is 0 Å². The molecule has 4 aromatic rings. The van der Waals surface area contributed by atoms with E-state index in [9.17, 15) is 13.2 Å². The summed E-state index contributed by atoms with van der Waals surface area (Å²) >= 11 is 5.98. The lowest BCUT2D eigenvalue weighted by Gasteiger charge is -2.34. The van der Waals surface area contributed by atoms with Crippen molar-refractivity contribution < 1.29 is 13.2 Å². The number of aliphatic imine (C=N–C) groups is 1. The predicted octanol–water partition coefficient (Wildman–Crippen LogP) is 4.74. The molecule has 0 saturated carbocycles. The molecule has 9 nitrogen and oxygen atoms in total. The molecule has 1 amide bonds. The maximum Gasteiger partial charge on any atom is 0.253 e. The van der Waals surface area contributed by atoms with Crippen LogP contribution in [-0.4, -0.2) is 72.9 Å². The Bertz CT molecular complexity index is 1620. The lowest BCUT2D eigenvalue weighted by atomic mass is 10.1. The molecule has 1 aliphatic rings. The lowest BCUT2D eigenvalue weighted by molar-refractivity contribution is 0.0698. The number of benzene rings is 3. The second-order valence-electron chi connectivity index (χ2n) is 9.13. The number of nitrogens with one attached hydrogen (secondary N) is 1. The molecule has 5 rings (SSSR count). The van der Waals surface area contributed by atoms with Crippen LogP contribution in [0.25, 0.3) is 11.3 Å². The minimum atomic E-state index is -3.64. The normalized spacial score (nSPS) is 14.4. The van der Waals surface area contributed by atoms with E-state index in [1.807, 2.05) is 30.3 Å². The summed E-state index contributed by atoms with van der Waals surface area (Å²) in [6, 6.07) is 22.9. The van der Waals surface area contributed by atoms with Gasteiger partial charge in [-0.15, -0.1) is 0 Å². The Labute approximate surface area is 238 Å². The van der Waals surface area contributed by atoms with Crippen LogP contribution in [0.15, 0.2) is 94.9 Å². The van der Waals surface area contributed by atoms with E-state index in [0.717, 1.165) is 22.5 Å². The summed E-state index contributed by atoms with van der Waals surface area (Å²) in [5.41, 5.74) is 3.76. The lowest BCUT2D eigenvalue weighted by Crippen LogP contribution is -2.50. The van der Waals surface area contributed by atoms with Gasteiger partial charge in [-0.05, 0) is 60.2 Å². The molecule has 0 bridgehead atoms. The molecule has 0 unspecified atom stereocenters. The number of hydrogen-bond acceptors (Lipinski definition) is 7. The first-order valence-electron chi connectivity index (χ1n) is 12.6. The van der Waals surface area contributed by atoms with Crippen LogP contribution in [0.1, 0.15) is 15.9 Å². The molecule has 2 heterocycles. The maximum absolute atomic E-state index is 13.1. The van der Waals surface area contributed by atoms with Crippen molar-refractivity contribution in [3.05, 3.63) is 101 Å². The number of carbonyl (C=O) groups is 1. The third kappa shape index (κ3) is 6.20. The predicted molar refractivity (Wildman–Crippen MR) is 157 cm³/mol. The van der Waals surface area contributed by atoms with Crippen molar-refractivity contribution >= 4 is 45.4 Å². The van der Waals surface area contributed by atoms with Crippen LogP contribution in [0.5, 0.6) is 0 Å². The molecule has 0 atom stereocenters. The van der Waals surface area contributed by atoms with E-state index in [2.05, 4.69) is 20.3 Å². The van der Waals surface area contributed by atoms with Gasteiger partial charge in [0, 0.05) is 67.5 Å². The summed E-state index contributed by atoms with van der Waals surface area (Å²) in [6.07, 6.45) is 3.34. The van der Waals surface area contributed by atoms with Crippen LogP contribution >= 0.6 is 11.6 Å². The summed E-state index contributed by atoms with van der Waals surface area (Å²) in [5, 5.41) is 3.82. The molecule has 0 spiro atoms. The van der Waals surface area contributed by atoms with Crippen LogP contribution in [0.4, 0.5) is 11.6 Å². The first-order valence-corrected chi connectivity index (χ1v) is 14.4. The zero-order chi connectivity index (χ0) is 28.1. The summed E-state index contributed by atoms with van der Waals surface area (Å²) in [6.45, 7) is 1.08. The molecular formula is C29H27ClN6O3S.